The lowest BCUT2D eigenvalue weighted by atomic mass is 9.92. The number of allylic oxidation sites excluding steroid dienone is 2. The third-order valence-electron chi connectivity index (χ3n) is 4.62. The zero-order valence-corrected chi connectivity index (χ0v) is 11.8. The highest BCUT2D eigenvalue weighted by Crippen LogP contribution is 2.44. The minimum Gasteiger partial charge on any atom is -0.345 e. The van der Waals surface area contributed by atoms with Gasteiger partial charge in [-0.05, 0) is 48.8 Å². The van der Waals surface area contributed by atoms with Gasteiger partial charge in [0.1, 0.15) is 5.82 Å². The summed E-state index contributed by atoms with van der Waals surface area (Å²) in [6.45, 7) is 0.696. The van der Waals surface area contributed by atoms with E-state index >= 15 is 0 Å². The third kappa shape index (κ3) is 2.62. The molecule has 2 aliphatic carbocycles. The maximum atomic E-state index is 12.8. The quantitative estimate of drug-likeness (QED) is 0.772. The summed E-state index contributed by atoms with van der Waals surface area (Å²) in [4.78, 5) is 14.3. The largest absolute Gasteiger partial charge is 0.345 e. The smallest absolute Gasteiger partial charge is 0.226 e. The van der Waals surface area contributed by atoms with E-state index in [4.69, 9.17) is 0 Å². The Morgan fingerprint density at radius 2 is 2.00 bits per heavy atom. The van der Waals surface area contributed by atoms with Crippen molar-refractivity contribution >= 4 is 5.91 Å². The van der Waals surface area contributed by atoms with Gasteiger partial charge in [0.15, 0.2) is 0 Å². The molecule has 1 fully saturated rings. The van der Waals surface area contributed by atoms with Crippen LogP contribution in [0.4, 0.5) is 4.39 Å². The third-order valence-corrected chi connectivity index (χ3v) is 4.62. The molecule has 0 aliphatic heterocycles. The van der Waals surface area contributed by atoms with E-state index in [2.05, 4.69) is 12.2 Å². The summed E-state index contributed by atoms with van der Waals surface area (Å²) in [5, 5.41) is 0. The summed E-state index contributed by atoms with van der Waals surface area (Å²) >= 11 is 0. The van der Waals surface area contributed by atoms with Crippen molar-refractivity contribution in [2.75, 3.05) is 13.6 Å². The van der Waals surface area contributed by atoms with Crippen LogP contribution in [0.25, 0.3) is 0 Å². The Labute approximate surface area is 119 Å². The molecular weight excluding hydrogens is 253 g/mol. The molecule has 1 aromatic rings. The van der Waals surface area contributed by atoms with Crippen molar-refractivity contribution in [1.82, 2.24) is 4.90 Å². The summed E-state index contributed by atoms with van der Waals surface area (Å²) in [5.74, 6) is 1.32. The Morgan fingerprint density at radius 3 is 2.60 bits per heavy atom. The summed E-state index contributed by atoms with van der Waals surface area (Å²) in [7, 11) is 1.88. The summed E-state index contributed by atoms with van der Waals surface area (Å²) in [5.41, 5.74) is 1.07. The van der Waals surface area contributed by atoms with Crippen LogP contribution in [0.5, 0.6) is 0 Å². The van der Waals surface area contributed by atoms with Crippen molar-refractivity contribution < 1.29 is 9.18 Å². The SMILES string of the molecule is CN(CCc1ccc(F)cc1)C(=O)C1CC2C=CC1C2. The number of fused-ring (bicyclic) bond motifs is 2. The second kappa shape index (κ2) is 5.39. The molecule has 1 amide bonds. The average Bonchev–Trinajstić information content (AvgIpc) is 3.08. The first-order chi connectivity index (χ1) is 9.63. The lowest BCUT2D eigenvalue weighted by Crippen LogP contribution is -2.36. The van der Waals surface area contributed by atoms with Crippen molar-refractivity contribution in [2.45, 2.75) is 19.3 Å². The van der Waals surface area contributed by atoms with Gasteiger partial charge in [-0.2, -0.15) is 0 Å². The van der Waals surface area contributed by atoms with Gasteiger partial charge in [-0.15, -0.1) is 0 Å². The van der Waals surface area contributed by atoms with E-state index in [-0.39, 0.29) is 17.6 Å². The highest BCUT2D eigenvalue weighted by molar-refractivity contribution is 5.79. The van der Waals surface area contributed by atoms with Gasteiger partial charge in [0.05, 0.1) is 0 Å². The molecule has 0 radical (unpaired) electrons. The zero-order valence-electron chi connectivity index (χ0n) is 11.8. The van der Waals surface area contributed by atoms with Crippen molar-refractivity contribution in [3.05, 3.63) is 47.8 Å². The standard InChI is InChI=1S/C17H20FNO/c1-19(9-8-12-3-6-15(18)7-4-12)17(20)16-11-13-2-5-14(16)10-13/h2-7,13-14,16H,8-11H2,1H3. The minimum atomic E-state index is -0.216. The van der Waals surface area contributed by atoms with E-state index in [9.17, 15) is 9.18 Å². The summed E-state index contributed by atoms with van der Waals surface area (Å²) in [6, 6.07) is 6.51. The Kier molecular flexibility index (Phi) is 3.60. The van der Waals surface area contributed by atoms with Gasteiger partial charge >= 0.3 is 0 Å². The Morgan fingerprint density at radius 1 is 1.25 bits per heavy atom. The average molecular weight is 273 g/mol. The zero-order chi connectivity index (χ0) is 14.1. The van der Waals surface area contributed by atoms with Crippen LogP contribution in [0.2, 0.25) is 0 Å². The molecule has 1 aromatic carbocycles. The highest BCUT2D eigenvalue weighted by atomic mass is 19.1. The minimum absolute atomic E-state index is 0.184. The van der Waals surface area contributed by atoms with Gasteiger partial charge < -0.3 is 4.90 Å². The van der Waals surface area contributed by atoms with Crippen LogP contribution < -0.4 is 0 Å². The van der Waals surface area contributed by atoms with E-state index < -0.39 is 0 Å². The summed E-state index contributed by atoms with van der Waals surface area (Å²) < 4.78 is 12.8. The van der Waals surface area contributed by atoms with Gasteiger partial charge in [-0.25, -0.2) is 4.39 Å². The number of halogens is 1. The molecule has 2 bridgehead atoms. The molecule has 3 atom stereocenters. The van der Waals surface area contributed by atoms with E-state index in [0.29, 0.717) is 18.4 Å². The molecule has 2 aliphatic rings. The first-order valence-corrected chi connectivity index (χ1v) is 7.31. The van der Waals surface area contributed by atoms with E-state index in [0.717, 1.165) is 24.8 Å². The van der Waals surface area contributed by atoms with Crippen LogP contribution >= 0.6 is 0 Å². The number of rotatable bonds is 4. The molecule has 20 heavy (non-hydrogen) atoms. The molecule has 0 aromatic heterocycles. The van der Waals surface area contributed by atoms with Crippen molar-refractivity contribution in [3.8, 4) is 0 Å². The fraction of sp³-hybridized carbons (Fsp3) is 0.471. The number of carbonyl (C=O) groups is 1. The molecule has 2 nitrogen and oxygen atoms in total. The second-order valence-corrected chi connectivity index (χ2v) is 6.02. The van der Waals surface area contributed by atoms with E-state index in [1.54, 1.807) is 12.1 Å². The molecule has 0 spiro atoms. The first kappa shape index (κ1) is 13.3. The molecule has 0 heterocycles. The van der Waals surface area contributed by atoms with Crippen LogP contribution in [-0.4, -0.2) is 24.4 Å². The molecular formula is C17H20FNO. The predicted molar refractivity (Wildman–Crippen MR) is 76.6 cm³/mol. The van der Waals surface area contributed by atoms with Gasteiger partial charge in [-0.1, -0.05) is 24.3 Å². The van der Waals surface area contributed by atoms with Gasteiger partial charge in [-0.3, -0.25) is 4.79 Å². The summed E-state index contributed by atoms with van der Waals surface area (Å²) in [6.07, 6.45) is 7.42. The topological polar surface area (TPSA) is 20.3 Å². The molecule has 0 saturated heterocycles. The van der Waals surface area contributed by atoms with Crippen molar-refractivity contribution in [2.24, 2.45) is 17.8 Å². The van der Waals surface area contributed by atoms with Crippen LogP contribution in [0, 0.1) is 23.6 Å². The number of nitrogens with zero attached hydrogens (tertiary/aromatic N) is 1. The number of hydrogen-bond donors (Lipinski definition) is 0. The molecule has 0 N–H and O–H groups in total. The van der Waals surface area contributed by atoms with Crippen LogP contribution in [-0.2, 0) is 11.2 Å². The lowest BCUT2D eigenvalue weighted by molar-refractivity contribution is -0.134. The van der Waals surface area contributed by atoms with Crippen LogP contribution in [0.3, 0.4) is 0 Å². The molecule has 106 valence electrons. The van der Waals surface area contributed by atoms with Crippen LogP contribution in [0.1, 0.15) is 18.4 Å². The molecule has 1 saturated carbocycles. The normalized spacial score (nSPS) is 27.0. The predicted octanol–water partition coefficient (Wildman–Crippen LogP) is 3.04. The second-order valence-electron chi connectivity index (χ2n) is 6.02. The molecule has 3 unspecified atom stereocenters. The van der Waals surface area contributed by atoms with Crippen LogP contribution in [0.15, 0.2) is 36.4 Å². The Hall–Kier alpha value is -1.64. The number of likely N-dealkylation sites (N-methyl/N-ethyl adjacent to an activating group) is 1. The van der Waals surface area contributed by atoms with Crippen molar-refractivity contribution in [3.63, 3.8) is 0 Å². The fourth-order valence-corrected chi connectivity index (χ4v) is 3.41. The first-order valence-electron chi connectivity index (χ1n) is 7.31. The monoisotopic (exact) mass is 273 g/mol. The van der Waals surface area contributed by atoms with Gasteiger partial charge in [0.25, 0.3) is 0 Å². The number of benzene rings is 1. The van der Waals surface area contributed by atoms with Gasteiger partial charge in [0, 0.05) is 19.5 Å². The van der Waals surface area contributed by atoms with E-state index in [1.807, 2.05) is 11.9 Å². The Balaban J connectivity index is 1.54. The fourth-order valence-electron chi connectivity index (χ4n) is 3.41. The van der Waals surface area contributed by atoms with Crippen molar-refractivity contribution in [1.29, 1.82) is 0 Å². The molecule has 3 rings (SSSR count). The Bertz CT molecular complexity index is 522. The number of hydrogen-bond acceptors (Lipinski definition) is 1. The maximum Gasteiger partial charge on any atom is 0.226 e. The lowest BCUT2D eigenvalue weighted by Gasteiger charge is -2.24. The molecule has 3 heteroatoms. The maximum absolute atomic E-state index is 12.8. The number of amides is 1. The highest BCUT2D eigenvalue weighted by Gasteiger charge is 2.40. The van der Waals surface area contributed by atoms with Gasteiger partial charge in [0.2, 0.25) is 5.91 Å². The number of carbonyl (C=O) groups excluding carboxylic acids is 1. The van der Waals surface area contributed by atoms with E-state index in [1.165, 1.54) is 12.1 Å².